The average Bonchev–Trinajstić information content (AvgIpc) is 3.00. The summed E-state index contributed by atoms with van der Waals surface area (Å²) in [7, 11) is 0. The monoisotopic (exact) mass is 324 g/mol. The number of hydrogen-bond acceptors (Lipinski definition) is 1. The molecule has 4 saturated carbocycles. The van der Waals surface area contributed by atoms with Crippen LogP contribution < -0.4 is 0 Å². The summed E-state index contributed by atoms with van der Waals surface area (Å²) in [6.07, 6.45) is 11.0. The van der Waals surface area contributed by atoms with Crippen molar-refractivity contribution in [3.05, 3.63) is 48.0 Å². The third-order valence-corrected chi connectivity index (χ3v) is 7.99. The van der Waals surface area contributed by atoms with Gasteiger partial charge in [0.2, 0.25) is 0 Å². The molecule has 0 aliphatic heterocycles. The molecule has 1 aromatic rings. The molecule has 1 aromatic carbocycles. The van der Waals surface area contributed by atoms with Crippen LogP contribution in [0.3, 0.4) is 0 Å². The first-order valence-electron chi connectivity index (χ1n) is 9.96. The molecule has 1 nitrogen and oxygen atoms in total. The van der Waals surface area contributed by atoms with Crippen molar-refractivity contribution in [1.29, 1.82) is 0 Å². The maximum Gasteiger partial charge on any atom is 0.0721 e. The van der Waals surface area contributed by atoms with Crippen molar-refractivity contribution in [3.8, 4) is 0 Å². The van der Waals surface area contributed by atoms with E-state index in [1.807, 2.05) is 0 Å². The SMILES string of the molecule is C=C1C2(CCCC)C[C@H](OCc3ccccc3)C13CCCC[C@@]23C. The van der Waals surface area contributed by atoms with Crippen molar-refractivity contribution < 1.29 is 4.74 Å². The Morgan fingerprint density at radius 3 is 2.67 bits per heavy atom. The van der Waals surface area contributed by atoms with E-state index in [2.05, 4.69) is 50.8 Å². The second-order valence-corrected chi connectivity index (χ2v) is 8.66. The van der Waals surface area contributed by atoms with E-state index in [4.69, 9.17) is 4.74 Å². The van der Waals surface area contributed by atoms with Crippen LogP contribution in [-0.4, -0.2) is 6.10 Å². The molecule has 24 heavy (non-hydrogen) atoms. The van der Waals surface area contributed by atoms with E-state index in [1.54, 1.807) is 5.57 Å². The minimum absolute atomic E-state index is 0.272. The largest absolute Gasteiger partial charge is 0.373 e. The zero-order valence-electron chi connectivity index (χ0n) is 15.4. The molecule has 0 N–H and O–H groups in total. The molecule has 1 spiro atoms. The minimum Gasteiger partial charge on any atom is -0.373 e. The summed E-state index contributed by atoms with van der Waals surface area (Å²) in [4.78, 5) is 0. The maximum absolute atomic E-state index is 6.58. The minimum atomic E-state index is 0.272. The Hall–Kier alpha value is -1.08. The molecule has 0 saturated heterocycles. The fraction of sp³-hybridized carbons (Fsp3) is 0.652. The zero-order valence-corrected chi connectivity index (χ0v) is 15.4. The molecule has 5 rings (SSSR count). The molecule has 4 fully saturated rings. The molecule has 4 atom stereocenters. The normalized spacial score (nSPS) is 40.2. The van der Waals surface area contributed by atoms with Crippen molar-refractivity contribution in [1.82, 2.24) is 0 Å². The zero-order chi connectivity index (χ0) is 16.8. The van der Waals surface area contributed by atoms with E-state index in [-0.39, 0.29) is 5.41 Å². The summed E-state index contributed by atoms with van der Waals surface area (Å²) in [5, 5.41) is 0. The summed E-state index contributed by atoms with van der Waals surface area (Å²) in [6, 6.07) is 10.7. The summed E-state index contributed by atoms with van der Waals surface area (Å²) in [5.74, 6) is 0. The van der Waals surface area contributed by atoms with Crippen LogP contribution in [0.1, 0.15) is 70.8 Å². The molecule has 0 aromatic heterocycles. The van der Waals surface area contributed by atoms with Gasteiger partial charge in [-0.1, -0.05) is 82.0 Å². The van der Waals surface area contributed by atoms with E-state index in [0.717, 1.165) is 6.61 Å². The smallest absolute Gasteiger partial charge is 0.0721 e. The molecule has 0 radical (unpaired) electrons. The van der Waals surface area contributed by atoms with Gasteiger partial charge in [-0.25, -0.2) is 0 Å². The van der Waals surface area contributed by atoms with Gasteiger partial charge in [0, 0.05) is 10.8 Å². The third kappa shape index (κ3) is 1.85. The topological polar surface area (TPSA) is 9.23 Å². The lowest BCUT2D eigenvalue weighted by molar-refractivity contribution is -0.144. The van der Waals surface area contributed by atoms with Crippen LogP contribution in [0.25, 0.3) is 0 Å². The van der Waals surface area contributed by atoms with Crippen molar-refractivity contribution in [2.45, 2.75) is 77.9 Å². The second kappa shape index (κ2) is 5.73. The quantitative estimate of drug-likeness (QED) is 0.559. The molecular formula is C23H32O. The molecule has 1 heteroatoms. The average molecular weight is 325 g/mol. The van der Waals surface area contributed by atoms with Crippen LogP contribution in [0, 0.1) is 16.2 Å². The Morgan fingerprint density at radius 2 is 1.92 bits per heavy atom. The molecule has 0 amide bonds. The first-order chi connectivity index (χ1) is 11.6. The lowest BCUT2D eigenvalue weighted by Gasteiger charge is -2.69. The van der Waals surface area contributed by atoms with Gasteiger partial charge in [0.05, 0.1) is 12.7 Å². The van der Waals surface area contributed by atoms with E-state index >= 15 is 0 Å². The van der Waals surface area contributed by atoms with Gasteiger partial charge in [0.25, 0.3) is 0 Å². The molecule has 4 aliphatic carbocycles. The van der Waals surface area contributed by atoms with Crippen LogP contribution in [0.15, 0.2) is 42.5 Å². The standard InChI is InChI=1S/C23H32O/c1-4-5-14-22-16-20(24-17-19-11-7-6-8-12-19)23(18(22)2)15-10-9-13-21(22,23)3/h6-8,11-12,20H,2,4-5,9-10,13-17H2,1,3H3/t20-,21-,22?,23?/m0/s1. The highest BCUT2D eigenvalue weighted by Gasteiger charge is 2.81. The van der Waals surface area contributed by atoms with Crippen molar-refractivity contribution >= 4 is 0 Å². The summed E-state index contributed by atoms with van der Waals surface area (Å²) >= 11 is 0. The molecule has 2 unspecified atom stereocenters. The number of ether oxygens (including phenoxy) is 1. The highest BCUT2D eigenvalue weighted by molar-refractivity contribution is 5.48. The van der Waals surface area contributed by atoms with Crippen LogP contribution in [0.5, 0.6) is 0 Å². The molecule has 2 bridgehead atoms. The van der Waals surface area contributed by atoms with Gasteiger partial charge in [-0.05, 0) is 36.7 Å². The molecular weight excluding hydrogens is 292 g/mol. The van der Waals surface area contributed by atoms with Gasteiger partial charge in [-0.15, -0.1) is 0 Å². The number of hydrogen-bond donors (Lipinski definition) is 0. The number of unbranched alkanes of at least 4 members (excludes halogenated alkanes) is 1. The van der Waals surface area contributed by atoms with Gasteiger partial charge >= 0.3 is 0 Å². The van der Waals surface area contributed by atoms with Crippen LogP contribution in [0.2, 0.25) is 0 Å². The Balaban J connectivity index is 1.59. The third-order valence-electron chi connectivity index (χ3n) is 7.99. The van der Waals surface area contributed by atoms with Crippen LogP contribution >= 0.6 is 0 Å². The maximum atomic E-state index is 6.58. The number of rotatable bonds is 6. The van der Waals surface area contributed by atoms with Gasteiger partial charge in [0.1, 0.15) is 0 Å². The molecule has 0 heterocycles. The lowest BCUT2D eigenvalue weighted by Crippen LogP contribution is -2.63. The van der Waals surface area contributed by atoms with Gasteiger partial charge in [0.15, 0.2) is 0 Å². The summed E-state index contributed by atoms with van der Waals surface area (Å²) in [5.41, 5.74) is 3.93. The van der Waals surface area contributed by atoms with E-state index in [9.17, 15) is 0 Å². The van der Waals surface area contributed by atoms with E-state index in [1.165, 1.54) is 56.9 Å². The van der Waals surface area contributed by atoms with Crippen molar-refractivity contribution in [2.24, 2.45) is 16.2 Å². The van der Waals surface area contributed by atoms with Crippen molar-refractivity contribution in [2.75, 3.05) is 0 Å². The summed E-state index contributed by atoms with van der Waals surface area (Å²) < 4.78 is 6.58. The van der Waals surface area contributed by atoms with Gasteiger partial charge in [-0.3, -0.25) is 0 Å². The van der Waals surface area contributed by atoms with Crippen LogP contribution in [-0.2, 0) is 11.3 Å². The van der Waals surface area contributed by atoms with Crippen molar-refractivity contribution in [3.63, 3.8) is 0 Å². The highest BCUT2D eigenvalue weighted by Crippen LogP contribution is 2.86. The molecule has 130 valence electrons. The number of fused-ring (bicyclic) bond motifs is 1. The van der Waals surface area contributed by atoms with E-state index < -0.39 is 0 Å². The molecule has 4 aliphatic rings. The fourth-order valence-corrected chi connectivity index (χ4v) is 6.76. The predicted octanol–water partition coefficient (Wildman–Crippen LogP) is 6.29. The van der Waals surface area contributed by atoms with Gasteiger partial charge < -0.3 is 4.74 Å². The Kier molecular flexibility index (Phi) is 3.91. The Morgan fingerprint density at radius 1 is 1.17 bits per heavy atom. The van der Waals surface area contributed by atoms with E-state index in [0.29, 0.717) is 16.9 Å². The first kappa shape index (κ1) is 16.4. The highest BCUT2D eigenvalue weighted by atomic mass is 16.5. The lowest BCUT2D eigenvalue weighted by atomic mass is 9.35. The van der Waals surface area contributed by atoms with Crippen LogP contribution in [0.4, 0.5) is 0 Å². The summed E-state index contributed by atoms with van der Waals surface area (Å²) in [6.45, 7) is 10.3. The number of benzene rings is 1. The predicted molar refractivity (Wildman–Crippen MR) is 99.7 cm³/mol. The first-order valence-corrected chi connectivity index (χ1v) is 9.96. The van der Waals surface area contributed by atoms with Gasteiger partial charge in [-0.2, -0.15) is 0 Å². The second-order valence-electron chi connectivity index (χ2n) is 8.66. The Bertz CT molecular complexity index is 620. The fourth-order valence-electron chi connectivity index (χ4n) is 6.76. The Labute approximate surface area is 147 Å².